The zero-order chi connectivity index (χ0) is 39.8. The number of hydrogen-bond acceptors (Lipinski definition) is 9. The molecule has 0 amide bonds. The summed E-state index contributed by atoms with van der Waals surface area (Å²) in [5.41, 5.74) is 12.8. The molecule has 296 valence electrons. The number of ether oxygens (including phenoxy) is 4. The summed E-state index contributed by atoms with van der Waals surface area (Å²) in [6.07, 6.45) is 10.2. The number of hydrogen-bond donors (Lipinski definition) is 5. The lowest BCUT2D eigenvalue weighted by molar-refractivity contribution is 0.395. The van der Waals surface area contributed by atoms with E-state index in [0.717, 1.165) is 117 Å². The summed E-state index contributed by atoms with van der Waals surface area (Å²) in [6, 6.07) is 17.7. The van der Waals surface area contributed by atoms with Crippen molar-refractivity contribution < 1.29 is 44.1 Å². The minimum absolute atomic E-state index is 0.290. The van der Waals surface area contributed by atoms with Crippen molar-refractivity contribution in [3.63, 3.8) is 0 Å². The third-order valence-corrected chi connectivity index (χ3v) is 11.4. The topological polar surface area (TPSA) is 138 Å². The van der Waals surface area contributed by atoms with E-state index in [1.165, 1.54) is 11.1 Å². The van der Waals surface area contributed by atoms with Crippen molar-refractivity contribution in [2.24, 2.45) is 0 Å². The average Bonchev–Trinajstić information content (AvgIpc) is 3.14. The van der Waals surface area contributed by atoms with Gasteiger partial charge in [-0.25, -0.2) is 0 Å². The van der Waals surface area contributed by atoms with Crippen LogP contribution in [-0.4, -0.2) is 74.7 Å². The molecular formula is C44H57B3O9. The molecule has 4 aromatic rings. The lowest BCUT2D eigenvalue weighted by atomic mass is 9.59. The Morgan fingerprint density at radius 2 is 0.768 bits per heavy atom. The number of aryl methyl sites for hydroxylation is 4. The van der Waals surface area contributed by atoms with Gasteiger partial charge in [-0.15, -0.1) is 0 Å². The molecule has 0 fully saturated rings. The Morgan fingerprint density at radius 3 is 1.04 bits per heavy atom. The van der Waals surface area contributed by atoms with Crippen LogP contribution >= 0.6 is 0 Å². The molecule has 0 saturated heterocycles. The van der Waals surface area contributed by atoms with Gasteiger partial charge in [-0.1, -0.05) is 74.2 Å². The molecule has 7 rings (SSSR count). The highest BCUT2D eigenvalue weighted by Gasteiger charge is 2.24. The van der Waals surface area contributed by atoms with E-state index in [-0.39, 0.29) is 6.92 Å². The van der Waals surface area contributed by atoms with Crippen LogP contribution < -0.4 is 18.9 Å². The molecule has 0 spiro atoms. The number of benzene rings is 4. The SMILES string of the molecule is COc1c2cc(CCCB(O)O)cc1Cc1cc3cc(c1OC)Cc1cc(CCCB(O)O)cc(c1OC)Cc1cc(cc(c1OC)C2)CCCB(O)CCC3. The molecule has 56 heavy (non-hydrogen) atoms. The van der Waals surface area contributed by atoms with Gasteiger partial charge < -0.3 is 44.1 Å². The minimum atomic E-state index is -1.35. The Hall–Kier alpha value is -3.93. The van der Waals surface area contributed by atoms with Crippen molar-refractivity contribution in [1.82, 2.24) is 0 Å². The van der Waals surface area contributed by atoms with Crippen molar-refractivity contribution in [3.05, 3.63) is 115 Å². The maximum absolute atomic E-state index is 11.1. The standard InChI is InChI=1S/C44H57B3O9/c1-53-41-33-17-29-9-5-13-45(48)14-6-10-30-19-35(27-39-23-31(11-7-15-46(49)50)21-37(25-33)43(39)55-3)42(54-2)36(20-30)28-40-24-32(12-8-16-47(51)52)22-38(44(40)56-4)26-34(41)18-29/h17-24,48-52H,5-16,25-28H2,1-4H3. The average molecular weight is 762 g/mol. The van der Waals surface area contributed by atoms with Gasteiger partial charge in [0, 0.05) is 25.7 Å². The molecule has 0 unspecified atom stereocenters. The second kappa shape index (κ2) is 19.5. The van der Waals surface area contributed by atoms with Crippen LogP contribution in [0.4, 0.5) is 0 Å². The van der Waals surface area contributed by atoms with E-state index in [9.17, 15) is 25.1 Å². The zero-order valence-corrected chi connectivity index (χ0v) is 33.5. The first kappa shape index (κ1) is 41.7. The molecule has 0 saturated carbocycles. The molecule has 9 nitrogen and oxygen atoms in total. The van der Waals surface area contributed by atoms with E-state index in [4.69, 9.17) is 18.9 Å². The van der Waals surface area contributed by atoms with Gasteiger partial charge in [-0.2, -0.15) is 0 Å². The molecule has 5 N–H and O–H groups in total. The smallest absolute Gasteiger partial charge is 0.451 e. The van der Waals surface area contributed by atoms with E-state index in [0.29, 0.717) is 64.0 Å². The molecule has 10 bridgehead atoms. The van der Waals surface area contributed by atoms with E-state index in [1.54, 1.807) is 28.4 Å². The van der Waals surface area contributed by atoms with Crippen LogP contribution in [0.5, 0.6) is 23.0 Å². The van der Waals surface area contributed by atoms with Crippen LogP contribution in [0.3, 0.4) is 0 Å². The Kier molecular flexibility index (Phi) is 14.5. The molecule has 0 atom stereocenters. The first-order valence-corrected chi connectivity index (χ1v) is 20.2. The second-order valence-corrected chi connectivity index (χ2v) is 15.7. The molecule has 0 radical (unpaired) electrons. The van der Waals surface area contributed by atoms with Crippen molar-refractivity contribution in [2.45, 2.75) is 102 Å². The highest BCUT2D eigenvalue weighted by Crippen LogP contribution is 2.41. The van der Waals surface area contributed by atoms with E-state index < -0.39 is 14.2 Å². The summed E-state index contributed by atoms with van der Waals surface area (Å²) in [5.74, 6) is 3.25. The van der Waals surface area contributed by atoms with Gasteiger partial charge >= 0.3 is 14.2 Å². The largest absolute Gasteiger partial charge is 0.496 e. The Bertz CT molecular complexity index is 1730. The monoisotopic (exact) mass is 762 g/mol. The third-order valence-electron chi connectivity index (χ3n) is 11.4. The van der Waals surface area contributed by atoms with E-state index in [2.05, 4.69) is 48.5 Å². The van der Waals surface area contributed by atoms with Gasteiger partial charge in [-0.05, 0) is 118 Å². The first-order chi connectivity index (χ1) is 27.1. The quantitative estimate of drug-likeness (QED) is 0.0960. The van der Waals surface area contributed by atoms with Gasteiger partial charge in [0.2, 0.25) is 0 Å². The fourth-order valence-electron chi connectivity index (χ4n) is 9.01. The highest BCUT2D eigenvalue weighted by atomic mass is 16.5. The normalized spacial score (nSPS) is 14.2. The zero-order valence-electron chi connectivity index (χ0n) is 33.5. The Balaban J connectivity index is 1.65. The van der Waals surface area contributed by atoms with Crippen LogP contribution in [0.2, 0.25) is 25.3 Å². The summed E-state index contributed by atoms with van der Waals surface area (Å²) in [6.45, 7) is -0.369. The van der Waals surface area contributed by atoms with Crippen LogP contribution in [0.25, 0.3) is 0 Å². The predicted molar refractivity (Wildman–Crippen MR) is 224 cm³/mol. The van der Waals surface area contributed by atoms with Crippen LogP contribution in [0.15, 0.2) is 48.5 Å². The molecule has 2 aliphatic heterocycles. The maximum atomic E-state index is 11.1. The van der Waals surface area contributed by atoms with Crippen molar-refractivity contribution in [2.75, 3.05) is 28.4 Å². The summed E-state index contributed by atoms with van der Waals surface area (Å²) in [7, 11) is 4.22. The van der Waals surface area contributed by atoms with Crippen molar-refractivity contribution in [1.29, 1.82) is 0 Å². The van der Waals surface area contributed by atoms with Gasteiger partial charge in [-0.3, -0.25) is 0 Å². The number of rotatable bonds is 12. The molecule has 0 aromatic heterocycles. The molecular weight excluding hydrogens is 705 g/mol. The van der Waals surface area contributed by atoms with Gasteiger partial charge in [0.25, 0.3) is 6.92 Å². The lowest BCUT2D eigenvalue weighted by Crippen LogP contribution is -2.13. The predicted octanol–water partition coefficient (Wildman–Crippen LogP) is 6.07. The summed E-state index contributed by atoms with van der Waals surface area (Å²) in [4.78, 5) is 0. The summed E-state index contributed by atoms with van der Waals surface area (Å²) < 4.78 is 25.2. The number of fused-ring (bicyclic) bond motifs is 6. The minimum Gasteiger partial charge on any atom is -0.496 e. The summed E-state index contributed by atoms with van der Waals surface area (Å²) >= 11 is 0. The molecule has 1 aliphatic carbocycles. The van der Waals surface area contributed by atoms with Gasteiger partial charge in [0.15, 0.2) is 0 Å². The van der Waals surface area contributed by atoms with E-state index in [1.807, 2.05) is 0 Å². The third kappa shape index (κ3) is 10.3. The van der Waals surface area contributed by atoms with E-state index >= 15 is 0 Å². The molecule has 12 heteroatoms. The molecule has 3 aliphatic rings. The second-order valence-electron chi connectivity index (χ2n) is 15.7. The maximum Gasteiger partial charge on any atom is 0.451 e. The Morgan fingerprint density at radius 1 is 0.482 bits per heavy atom. The molecule has 4 aromatic carbocycles. The van der Waals surface area contributed by atoms with Gasteiger partial charge in [0.1, 0.15) is 23.0 Å². The van der Waals surface area contributed by atoms with Crippen LogP contribution in [0, 0.1) is 0 Å². The van der Waals surface area contributed by atoms with Crippen LogP contribution in [0.1, 0.15) is 92.4 Å². The molecule has 2 heterocycles. The van der Waals surface area contributed by atoms with Crippen molar-refractivity contribution in [3.8, 4) is 23.0 Å². The number of methoxy groups -OCH3 is 4. The lowest BCUT2D eigenvalue weighted by Gasteiger charge is -2.23. The highest BCUT2D eigenvalue weighted by molar-refractivity contribution is 6.50. The Labute approximate surface area is 333 Å². The van der Waals surface area contributed by atoms with Crippen molar-refractivity contribution >= 4 is 21.2 Å². The van der Waals surface area contributed by atoms with Crippen LogP contribution in [-0.2, 0) is 51.4 Å². The summed E-state index contributed by atoms with van der Waals surface area (Å²) in [5, 5.41) is 49.7. The first-order valence-electron chi connectivity index (χ1n) is 20.2. The fraction of sp³-hybridized carbons (Fsp3) is 0.455. The fourth-order valence-corrected chi connectivity index (χ4v) is 9.01. The van der Waals surface area contributed by atoms with Gasteiger partial charge in [0.05, 0.1) is 28.4 Å².